The quantitative estimate of drug-likeness (QED) is 0.501. The van der Waals surface area contributed by atoms with E-state index in [0.29, 0.717) is 20.0 Å². The van der Waals surface area contributed by atoms with Crippen molar-refractivity contribution in [1.82, 2.24) is 9.80 Å². The van der Waals surface area contributed by atoms with E-state index in [1.807, 2.05) is 0 Å². The lowest BCUT2D eigenvalue weighted by Crippen LogP contribution is -2.40. The van der Waals surface area contributed by atoms with Crippen molar-refractivity contribution in [3.63, 3.8) is 0 Å². The summed E-state index contributed by atoms with van der Waals surface area (Å²) in [7, 11) is 4.23. The van der Waals surface area contributed by atoms with Gasteiger partial charge in [-0.15, -0.1) is 0 Å². The topological polar surface area (TPSA) is 24.9 Å². The molecule has 0 amide bonds. The molecule has 0 aliphatic heterocycles. The van der Waals surface area contributed by atoms with E-state index in [1.165, 1.54) is 0 Å². The van der Waals surface area contributed by atoms with Gasteiger partial charge in [0.2, 0.25) is 0 Å². The van der Waals surface area contributed by atoms with Crippen molar-refractivity contribution in [2.24, 2.45) is 0 Å². The average Bonchev–Trinajstić information content (AvgIpc) is 2.24. The molecule has 0 bridgehead atoms. The maximum absolute atomic E-state index is 5.48. The Kier molecular flexibility index (Phi) is 8.13. The van der Waals surface area contributed by atoms with E-state index in [2.05, 4.69) is 65.4 Å². The Bertz CT molecular complexity index is 207. The second-order valence-electron chi connectivity index (χ2n) is 7.12. The third-order valence-electron chi connectivity index (χ3n) is 3.60. The molecule has 0 spiro atoms. The van der Waals surface area contributed by atoms with E-state index in [-0.39, 0.29) is 11.1 Å². The van der Waals surface area contributed by atoms with Crippen molar-refractivity contribution in [1.29, 1.82) is 0 Å². The van der Waals surface area contributed by atoms with Crippen LogP contribution in [0, 0.1) is 0 Å². The van der Waals surface area contributed by atoms with Crippen molar-refractivity contribution in [2.45, 2.75) is 52.6 Å². The van der Waals surface area contributed by atoms with Crippen LogP contribution in [-0.2, 0) is 9.47 Å². The molecule has 0 N–H and O–H groups in total. The van der Waals surface area contributed by atoms with Gasteiger partial charge in [0.1, 0.15) is 6.79 Å². The predicted octanol–water partition coefficient (Wildman–Crippen LogP) is 2.44. The SMILES string of the molecule is CN(CCOCOCCN(C)C(C)(C)C)C(C)(C)C. The largest absolute Gasteiger partial charge is 0.354 e. The standard InChI is InChI=1S/C15H34N2O2/c1-14(2,3)16(7)9-11-18-13-19-12-10-17(8)15(4,5)6/h9-13H2,1-8H3. The Morgan fingerprint density at radius 3 is 1.26 bits per heavy atom. The third-order valence-corrected chi connectivity index (χ3v) is 3.60. The van der Waals surface area contributed by atoms with Crippen LogP contribution in [0.2, 0.25) is 0 Å². The van der Waals surface area contributed by atoms with E-state index >= 15 is 0 Å². The summed E-state index contributed by atoms with van der Waals surface area (Å²) in [5.41, 5.74) is 0.388. The molecule has 19 heavy (non-hydrogen) atoms. The molecule has 0 aliphatic carbocycles. The number of ether oxygens (including phenoxy) is 2. The fourth-order valence-corrected chi connectivity index (χ4v) is 1.25. The lowest BCUT2D eigenvalue weighted by Gasteiger charge is -2.32. The van der Waals surface area contributed by atoms with Crippen LogP contribution in [0.5, 0.6) is 0 Å². The van der Waals surface area contributed by atoms with Gasteiger partial charge in [-0.05, 0) is 55.6 Å². The van der Waals surface area contributed by atoms with Crippen molar-refractivity contribution in [3.8, 4) is 0 Å². The molecule has 0 saturated carbocycles. The normalized spacial score (nSPS) is 13.6. The highest BCUT2D eigenvalue weighted by molar-refractivity contribution is 4.72. The number of rotatable bonds is 8. The molecule has 4 heteroatoms. The average molecular weight is 274 g/mol. The third kappa shape index (κ3) is 9.38. The Balaban J connectivity index is 3.47. The van der Waals surface area contributed by atoms with Crippen LogP contribution in [0.1, 0.15) is 41.5 Å². The molecule has 0 aromatic heterocycles. The van der Waals surface area contributed by atoms with Gasteiger partial charge in [0.05, 0.1) is 13.2 Å². The minimum Gasteiger partial charge on any atom is -0.354 e. The maximum Gasteiger partial charge on any atom is 0.146 e. The Hall–Kier alpha value is -0.160. The summed E-state index contributed by atoms with van der Waals surface area (Å²) >= 11 is 0. The van der Waals surface area contributed by atoms with Crippen LogP contribution in [-0.4, -0.2) is 68.1 Å². The van der Waals surface area contributed by atoms with E-state index < -0.39 is 0 Å². The van der Waals surface area contributed by atoms with Crippen molar-refractivity contribution >= 4 is 0 Å². The fraction of sp³-hybridized carbons (Fsp3) is 1.00. The molecular weight excluding hydrogens is 240 g/mol. The summed E-state index contributed by atoms with van der Waals surface area (Å²) in [6, 6.07) is 0. The van der Waals surface area contributed by atoms with Crippen LogP contribution in [0.3, 0.4) is 0 Å². The number of nitrogens with zero attached hydrogens (tertiary/aromatic N) is 2. The molecule has 0 aromatic rings. The number of hydrogen-bond donors (Lipinski definition) is 0. The van der Waals surface area contributed by atoms with Crippen LogP contribution < -0.4 is 0 Å². The molecule has 0 aromatic carbocycles. The molecular formula is C15H34N2O2. The van der Waals surface area contributed by atoms with Gasteiger partial charge in [0.15, 0.2) is 0 Å². The van der Waals surface area contributed by atoms with Gasteiger partial charge in [0.25, 0.3) is 0 Å². The van der Waals surface area contributed by atoms with Crippen molar-refractivity contribution in [2.75, 3.05) is 47.2 Å². The summed E-state index contributed by atoms with van der Waals surface area (Å²) in [6.07, 6.45) is 0. The zero-order chi connectivity index (χ0) is 15.1. The zero-order valence-corrected chi connectivity index (χ0v) is 14.2. The Labute approximate surface area is 120 Å². The first-order valence-electron chi connectivity index (χ1n) is 7.13. The van der Waals surface area contributed by atoms with E-state index in [1.54, 1.807) is 0 Å². The van der Waals surface area contributed by atoms with Gasteiger partial charge in [-0.2, -0.15) is 0 Å². The lowest BCUT2D eigenvalue weighted by molar-refractivity contribution is -0.0672. The van der Waals surface area contributed by atoms with Crippen molar-refractivity contribution < 1.29 is 9.47 Å². The van der Waals surface area contributed by atoms with Crippen molar-refractivity contribution in [3.05, 3.63) is 0 Å². The number of hydrogen-bond acceptors (Lipinski definition) is 4. The maximum atomic E-state index is 5.48. The highest BCUT2D eigenvalue weighted by Crippen LogP contribution is 2.10. The summed E-state index contributed by atoms with van der Waals surface area (Å²) < 4.78 is 11.0. The monoisotopic (exact) mass is 274 g/mol. The van der Waals surface area contributed by atoms with Gasteiger partial charge < -0.3 is 9.47 Å². The molecule has 4 nitrogen and oxygen atoms in total. The summed E-state index contributed by atoms with van der Waals surface area (Å²) in [4.78, 5) is 4.56. The first kappa shape index (κ1) is 18.8. The van der Waals surface area contributed by atoms with Gasteiger partial charge in [-0.1, -0.05) is 0 Å². The number of likely N-dealkylation sites (N-methyl/N-ethyl adjacent to an activating group) is 2. The highest BCUT2D eigenvalue weighted by Gasteiger charge is 2.16. The first-order valence-corrected chi connectivity index (χ1v) is 7.13. The van der Waals surface area contributed by atoms with E-state index in [9.17, 15) is 0 Å². The minimum absolute atomic E-state index is 0.194. The second kappa shape index (κ2) is 8.20. The molecule has 0 fully saturated rings. The molecule has 0 rings (SSSR count). The van der Waals surface area contributed by atoms with E-state index in [4.69, 9.17) is 9.47 Å². The Morgan fingerprint density at radius 1 is 0.684 bits per heavy atom. The Morgan fingerprint density at radius 2 is 1.00 bits per heavy atom. The van der Waals surface area contributed by atoms with Crippen LogP contribution in [0.25, 0.3) is 0 Å². The van der Waals surface area contributed by atoms with Crippen LogP contribution in [0.4, 0.5) is 0 Å². The van der Waals surface area contributed by atoms with Gasteiger partial charge in [-0.3, -0.25) is 9.80 Å². The summed E-state index contributed by atoms with van der Waals surface area (Å²) in [6.45, 7) is 16.9. The predicted molar refractivity (Wildman–Crippen MR) is 81.5 cm³/mol. The zero-order valence-electron chi connectivity index (χ0n) is 14.2. The summed E-state index contributed by atoms with van der Waals surface area (Å²) in [5.74, 6) is 0. The van der Waals surface area contributed by atoms with Gasteiger partial charge >= 0.3 is 0 Å². The fourth-order valence-electron chi connectivity index (χ4n) is 1.25. The minimum atomic E-state index is 0.194. The molecule has 0 heterocycles. The molecule has 0 radical (unpaired) electrons. The molecule has 0 unspecified atom stereocenters. The molecule has 0 saturated heterocycles. The van der Waals surface area contributed by atoms with E-state index in [0.717, 1.165) is 13.1 Å². The van der Waals surface area contributed by atoms with Gasteiger partial charge in [-0.25, -0.2) is 0 Å². The van der Waals surface area contributed by atoms with Crippen LogP contribution in [0.15, 0.2) is 0 Å². The molecule has 116 valence electrons. The smallest absolute Gasteiger partial charge is 0.146 e. The molecule has 0 atom stereocenters. The molecule has 0 aliphatic rings. The van der Waals surface area contributed by atoms with Crippen LogP contribution >= 0.6 is 0 Å². The first-order chi connectivity index (χ1) is 8.55. The van der Waals surface area contributed by atoms with Gasteiger partial charge in [0, 0.05) is 24.2 Å². The summed E-state index contributed by atoms with van der Waals surface area (Å²) in [5, 5.41) is 0. The lowest BCUT2D eigenvalue weighted by atomic mass is 10.1. The second-order valence-corrected chi connectivity index (χ2v) is 7.12. The highest BCUT2D eigenvalue weighted by atomic mass is 16.7.